The van der Waals surface area contributed by atoms with Crippen LogP contribution < -0.4 is 9.64 Å². The summed E-state index contributed by atoms with van der Waals surface area (Å²) in [6.07, 6.45) is 8.01. The second-order valence-corrected chi connectivity index (χ2v) is 17.2. The fourth-order valence-corrected chi connectivity index (χ4v) is 12.8. The monoisotopic (exact) mass is 762 g/mol. The average Bonchev–Trinajstić information content (AvgIpc) is 3.84. The first-order chi connectivity index (χ1) is 26.8. The summed E-state index contributed by atoms with van der Waals surface area (Å²) < 4.78 is 18.4. The van der Waals surface area contributed by atoms with Gasteiger partial charge in [-0.05, 0) is 68.3 Å². The number of carbonyl (C=O) groups excluding carboxylic acids is 3. The summed E-state index contributed by atoms with van der Waals surface area (Å²) in [5.41, 5.74) is 1.63. The van der Waals surface area contributed by atoms with E-state index in [1.807, 2.05) is 30.1 Å². The first-order valence-electron chi connectivity index (χ1n) is 20.2. The van der Waals surface area contributed by atoms with Crippen LogP contribution in [0.25, 0.3) is 10.9 Å². The molecule has 9 atom stereocenters. The van der Waals surface area contributed by atoms with Gasteiger partial charge in [-0.15, -0.1) is 0 Å². The van der Waals surface area contributed by atoms with E-state index in [9.17, 15) is 14.7 Å². The molecule has 1 saturated heterocycles. The highest BCUT2D eigenvalue weighted by Gasteiger charge is 2.79. The predicted molar refractivity (Wildman–Crippen MR) is 213 cm³/mol. The largest absolute Gasteiger partial charge is 0.496 e. The Morgan fingerprint density at radius 3 is 2.52 bits per heavy atom. The van der Waals surface area contributed by atoms with Gasteiger partial charge in [0.15, 0.2) is 17.5 Å². The van der Waals surface area contributed by atoms with Gasteiger partial charge < -0.3 is 29.2 Å². The first-order valence-corrected chi connectivity index (χ1v) is 20.2. The van der Waals surface area contributed by atoms with Gasteiger partial charge in [-0.3, -0.25) is 24.2 Å². The van der Waals surface area contributed by atoms with Crippen molar-refractivity contribution in [3.8, 4) is 5.75 Å². The van der Waals surface area contributed by atoms with Crippen LogP contribution in [-0.2, 0) is 41.2 Å². The second kappa shape index (κ2) is 12.8. The third-order valence-corrected chi connectivity index (χ3v) is 14.8. The lowest BCUT2D eigenvalue weighted by atomic mass is 9.47. The number of benzene rings is 2. The number of aromatic amines is 1. The Kier molecular flexibility index (Phi) is 8.48. The fraction of sp³-hybridized carbons (Fsp3) is 0.533. The first kappa shape index (κ1) is 37.1. The van der Waals surface area contributed by atoms with Gasteiger partial charge in [-0.1, -0.05) is 55.8 Å². The van der Waals surface area contributed by atoms with Crippen LogP contribution in [0.2, 0.25) is 0 Å². The summed E-state index contributed by atoms with van der Waals surface area (Å²) in [7, 11) is 5.03. The number of rotatable bonds is 7. The number of hydrogen-bond donors (Lipinski definition) is 2. The molecule has 9 rings (SSSR count). The Labute approximate surface area is 328 Å². The minimum absolute atomic E-state index is 0.0454. The van der Waals surface area contributed by atoms with Crippen LogP contribution in [0.1, 0.15) is 75.8 Å². The van der Waals surface area contributed by atoms with Gasteiger partial charge in [-0.25, -0.2) is 0 Å². The van der Waals surface area contributed by atoms with Crippen LogP contribution >= 0.6 is 0 Å². The minimum Gasteiger partial charge on any atom is -0.496 e. The number of aliphatic hydroxyl groups is 1. The number of Topliss-reactive ketones (excluding diaryl/α,β-unsaturated/α-hetero) is 1. The molecular formula is C45H54N4O7. The standard InChI is InChI=1S/C45H54N4O7/c1-8-28-19-29-22-44(41(52)55-7,37-31(25-48(23-28)24-29)30-13-10-11-14-34(30)46-37)33-20-32-35(21-36(33)54-6)47(5)39-43(32)16-18-49-17-12-15-42(9-2,38(43)49)40(56-27(4)51)45(39,53)26(3)50/h10-15,19-21,29,38-40,46,53H,8-9,16-18,22-25H2,1-7H3/t29?,38-,39+,40+,42+,43?,44-,45?/m0/s1. The highest BCUT2D eigenvalue weighted by atomic mass is 16.6. The lowest BCUT2D eigenvalue weighted by molar-refractivity contribution is -0.215. The molecule has 6 heterocycles. The Balaban J connectivity index is 1.37. The number of para-hydroxylation sites is 1. The molecule has 2 bridgehead atoms. The van der Waals surface area contributed by atoms with E-state index < -0.39 is 45.7 Å². The van der Waals surface area contributed by atoms with Crippen molar-refractivity contribution in [2.75, 3.05) is 52.3 Å². The van der Waals surface area contributed by atoms with Crippen LogP contribution in [0.5, 0.6) is 5.75 Å². The number of hydrogen-bond acceptors (Lipinski definition) is 10. The topological polar surface area (TPSA) is 125 Å². The van der Waals surface area contributed by atoms with Crippen LogP contribution in [0.15, 0.2) is 60.2 Å². The smallest absolute Gasteiger partial charge is 0.322 e. The maximum atomic E-state index is 15.1. The normalized spacial score (nSPS) is 35.4. The van der Waals surface area contributed by atoms with E-state index in [1.54, 1.807) is 7.11 Å². The molecule has 5 aliphatic heterocycles. The number of H-pyrrole nitrogens is 1. The molecular weight excluding hydrogens is 709 g/mol. The molecule has 1 saturated carbocycles. The van der Waals surface area contributed by atoms with E-state index in [4.69, 9.17) is 14.2 Å². The van der Waals surface area contributed by atoms with E-state index in [0.29, 0.717) is 43.7 Å². The van der Waals surface area contributed by atoms with Crippen molar-refractivity contribution in [2.45, 2.75) is 94.5 Å². The number of aromatic nitrogens is 1. The third kappa shape index (κ3) is 4.59. The number of ketones is 1. The number of anilines is 1. The molecule has 296 valence electrons. The van der Waals surface area contributed by atoms with Crippen molar-refractivity contribution in [1.82, 2.24) is 14.8 Å². The number of ether oxygens (including phenoxy) is 3. The lowest BCUT2D eigenvalue weighted by Crippen LogP contribution is -2.81. The highest BCUT2D eigenvalue weighted by Crippen LogP contribution is 2.68. The zero-order chi connectivity index (χ0) is 39.5. The average molecular weight is 763 g/mol. The van der Waals surface area contributed by atoms with Gasteiger partial charge >= 0.3 is 11.9 Å². The summed E-state index contributed by atoms with van der Waals surface area (Å²) >= 11 is 0. The Morgan fingerprint density at radius 1 is 1.04 bits per heavy atom. The van der Waals surface area contributed by atoms with Crippen LogP contribution in [0.3, 0.4) is 0 Å². The Bertz CT molecular complexity index is 2230. The molecule has 2 N–H and O–H groups in total. The number of fused-ring (bicyclic) bond motifs is 6. The molecule has 2 aromatic carbocycles. The Morgan fingerprint density at radius 2 is 1.82 bits per heavy atom. The lowest BCUT2D eigenvalue weighted by Gasteiger charge is -2.64. The SMILES string of the molecule is CCC1=CC2CN(C1)Cc1c([nH]c3ccccc13)[C@@](C(=O)OC)(c1cc3c(cc1OC)N(C)[C@H]1C(O)(C(C)=O)[C@H](OC(C)=O)[C@]4(CC)C=CCN5CCC31[C@@H]54)C2. The molecule has 6 aliphatic rings. The van der Waals surface area contributed by atoms with Gasteiger partial charge in [-0.2, -0.15) is 0 Å². The molecule has 1 spiro atoms. The predicted octanol–water partition coefficient (Wildman–Crippen LogP) is 5.17. The zero-order valence-electron chi connectivity index (χ0n) is 33.6. The van der Waals surface area contributed by atoms with Gasteiger partial charge in [0.25, 0.3) is 0 Å². The van der Waals surface area contributed by atoms with Crippen molar-refractivity contribution in [3.05, 3.63) is 82.6 Å². The number of esters is 2. The van der Waals surface area contributed by atoms with Gasteiger partial charge in [0.05, 0.1) is 20.3 Å². The number of nitrogens with zero attached hydrogens (tertiary/aromatic N) is 3. The fourth-order valence-electron chi connectivity index (χ4n) is 12.8. The van der Waals surface area contributed by atoms with Gasteiger partial charge in [0.2, 0.25) is 0 Å². The van der Waals surface area contributed by atoms with E-state index in [1.165, 1.54) is 26.5 Å². The molecule has 56 heavy (non-hydrogen) atoms. The molecule has 0 amide bonds. The van der Waals surface area contributed by atoms with Crippen molar-refractivity contribution in [1.29, 1.82) is 0 Å². The number of carbonyl (C=O) groups is 3. The van der Waals surface area contributed by atoms with Crippen molar-refractivity contribution >= 4 is 34.3 Å². The molecule has 11 nitrogen and oxygen atoms in total. The molecule has 4 unspecified atom stereocenters. The number of nitrogens with one attached hydrogen (secondary N) is 1. The van der Waals surface area contributed by atoms with Crippen LogP contribution in [0, 0.1) is 11.3 Å². The molecule has 1 aliphatic carbocycles. The number of likely N-dealkylation sites (N-methyl/N-ethyl adjacent to an activating group) is 1. The van der Waals surface area contributed by atoms with E-state index >= 15 is 4.79 Å². The van der Waals surface area contributed by atoms with Crippen molar-refractivity contribution in [2.24, 2.45) is 11.3 Å². The quantitative estimate of drug-likeness (QED) is 0.246. The zero-order valence-corrected chi connectivity index (χ0v) is 33.6. The molecule has 2 fully saturated rings. The summed E-state index contributed by atoms with van der Waals surface area (Å²) in [6, 6.07) is 11.4. The summed E-state index contributed by atoms with van der Waals surface area (Å²) in [5.74, 6) is -0.788. The molecule has 3 aromatic rings. The summed E-state index contributed by atoms with van der Waals surface area (Å²) in [5, 5.41) is 14.3. The van der Waals surface area contributed by atoms with E-state index in [2.05, 4.69) is 65.1 Å². The molecule has 11 heteroatoms. The van der Waals surface area contributed by atoms with Crippen LogP contribution in [0.4, 0.5) is 5.69 Å². The maximum absolute atomic E-state index is 15.1. The number of methoxy groups -OCH3 is 2. The van der Waals surface area contributed by atoms with E-state index in [0.717, 1.165) is 59.5 Å². The summed E-state index contributed by atoms with van der Waals surface area (Å²) in [6.45, 7) is 10.8. The molecule has 1 aromatic heterocycles. The third-order valence-electron chi connectivity index (χ3n) is 14.8. The highest BCUT2D eigenvalue weighted by molar-refractivity contribution is 5.95. The molecule has 0 radical (unpaired) electrons. The van der Waals surface area contributed by atoms with Gasteiger partial charge in [0.1, 0.15) is 11.2 Å². The second-order valence-electron chi connectivity index (χ2n) is 17.2. The van der Waals surface area contributed by atoms with Crippen LogP contribution in [-0.4, -0.2) is 109 Å². The van der Waals surface area contributed by atoms with E-state index in [-0.39, 0.29) is 17.9 Å². The Hall–Kier alpha value is -4.45. The maximum Gasteiger partial charge on any atom is 0.322 e. The summed E-state index contributed by atoms with van der Waals surface area (Å²) in [4.78, 5) is 53.0. The minimum atomic E-state index is -2.06. The van der Waals surface area contributed by atoms with Gasteiger partial charge in [0, 0.05) is 90.9 Å². The van der Waals surface area contributed by atoms with Crippen molar-refractivity contribution in [3.63, 3.8) is 0 Å². The van der Waals surface area contributed by atoms with Crippen molar-refractivity contribution < 1.29 is 33.7 Å².